The maximum Gasteiger partial charge on any atom is 0.316 e. The lowest BCUT2D eigenvalue weighted by molar-refractivity contribution is 0.0878. The van der Waals surface area contributed by atoms with Gasteiger partial charge in [-0.1, -0.05) is 0 Å². The molecule has 7 heteroatoms. The van der Waals surface area contributed by atoms with Gasteiger partial charge in [-0.3, -0.25) is 4.79 Å². The number of nitrogens with one attached hydrogen (secondary N) is 2. The molecule has 1 aromatic carbocycles. The first-order valence-corrected chi connectivity index (χ1v) is 6.14. The van der Waals surface area contributed by atoms with Gasteiger partial charge in [0.2, 0.25) is 0 Å². The van der Waals surface area contributed by atoms with Crippen LogP contribution in [0.15, 0.2) is 24.3 Å². The zero-order chi connectivity index (χ0) is 15.0. The summed E-state index contributed by atoms with van der Waals surface area (Å²) >= 11 is 0. The fourth-order valence-electron chi connectivity index (χ4n) is 1.67. The van der Waals surface area contributed by atoms with E-state index in [1.807, 2.05) is 0 Å². The number of anilines is 1. The number of aliphatic hydroxyl groups is 1. The zero-order valence-corrected chi connectivity index (χ0v) is 11.3. The van der Waals surface area contributed by atoms with Crippen molar-refractivity contribution in [3.63, 3.8) is 0 Å². The lowest BCUT2D eigenvalue weighted by atomic mass is 10.1. The molecule has 7 nitrogen and oxygen atoms in total. The molecule has 0 heterocycles. The average molecular weight is 281 g/mol. The molecule has 0 aliphatic carbocycles. The van der Waals surface area contributed by atoms with Crippen LogP contribution in [-0.2, 0) is 4.74 Å². The summed E-state index contributed by atoms with van der Waals surface area (Å²) in [5.41, 5.74) is 5.94. The topological polar surface area (TPSA) is 114 Å². The van der Waals surface area contributed by atoms with Crippen LogP contribution in [0, 0.1) is 0 Å². The maximum atomic E-state index is 12.0. The van der Waals surface area contributed by atoms with E-state index in [0.717, 1.165) is 0 Å². The lowest BCUT2D eigenvalue weighted by Gasteiger charge is -2.16. The Morgan fingerprint density at radius 3 is 2.50 bits per heavy atom. The Morgan fingerprint density at radius 2 is 2.00 bits per heavy atom. The Kier molecular flexibility index (Phi) is 6.48. The molecule has 1 rings (SSSR count). The molecule has 20 heavy (non-hydrogen) atoms. The van der Waals surface area contributed by atoms with Gasteiger partial charge in [-0.15, -0.1) is 0 Å². The molecule has 0 fully saturated rings. The lowest BCUT2D eigenvalue weighted by Crippen LogP contribution is -2.38. The van der Waals surface area contributed by atoms with Gasteiger partial charge in [0.25, 0.3) is 5.91 Å². The molecule has 0 aliphatic heterocycles. The van der Waals surface area contributed by atoms with Crippen LogP contribution in [0.4, 0.5) is 10.5 Å². The van der Waals surface area contributed by atoms with Crippen molar-refractivity contribution in [3.05, 3.63) is 29.8 Å². The maximum absolute atomic E-state index is 12.0. The summed E-state index contributed by atoms with van der Waals surface area (Å²) in [5, 5.41) is 14.1. The van der Waals surface area contributed by atoms with E-state index in [9.17, 15) is 9.59 Å². The molecule has 0 saturated carbocycles. The number of nitrogens with two attached hydrogens (primary N) is 1. The van der Waals surface area contributed by atoms with Crippen LogP contribution in [-0.4, -0.2) is 43.4 Å². The summed E-state index contributed by atoms with van der Waals surface area (Å²) in [6.45, 7) is 0.295. The van der Waals surface area contributed by atoms with E-state index in [1.165, 1.54) is 7.11 Å². The SMILES string of the molecule is COCC(CCO)NC(=O)c1ccc(NC(N)=O)cc1. The van der Waals surface area contributed by atoms with Crippen molar-refractivity contribution in [1.82, 2.24) is 5.32 Å². The summed E-state index contributed by atoms with van der Waals surface area (Å²) in [7, 11) is 1.53. The molecule has 1 unspecified atom stereocenters. The Labute approximate surface area is 117 Å². The fourth-order valence-corrected chi connectivity index (χ4v) is 1.67. The van der Waals surface area contributed by atoms with Crippen molar-refractivity contribution < 1.29 is 19.4 Å². The number of primary amides is 1. The summed E-state index contributed by atoms with van der Waals surface area (Å²) in [4.78, 5) is 22.6. The normalized spacial score (nSPS) is 11.7. The largest absolute Gasteiger partial charge is 0.396 e. The standard InChI is InChI=1S/C13H19N3O4/c1-20-8-11(6-7-17)15-12(18)9-2-4-10(5-3-9)16-13(14)19/h2-5,11,17H,6-8H2,1H3,(H,15,18)(H3,14,16,19). The molecule has 5 N–H and O–H groups in total. The molecule has 1 atom stereocenters. The highest BCUT2D eigenvalue weighted by Gasteiger charge is 2.13. The van der Waals surface area contributed by atoms with E-state index >= 15 is 0 Å². The second kappa shape index (κ2) is 8.13. The van der Waals surface area contributed by atoms with Gasteiger partial charge in [0, 0.05) is 25.0 Å². The summed E-state index contributed by atoms with van der Waals surface area (Å²) in [6, 6.07) is 5.40. The van der Waals surface area contributed by atoms with Crippen molar-refractivity contribution in [2.24, 2.45) is 5.73 Å². The summed E-state index contributed by atoms with van der Waals surface area (Å²) in [6.07, 6.45) is 0.418. The average Bonchev–Trinajstić information content (AvgIpc) is 2.39. The molecular formula is C13H19N3O4. The van der Waals surface area contributed by atoms with Gasteiger partial charge in [-0.2, -0.15) is 0 Å². The number of hydrogen-bond acceptors (Lipinski definition) is 4. The number of amides is 3. The minimum atomic E-state index is -0.662. The second-order valence-electron chi connectivity index (χ2n) is 4.20. The van der Waals surface area contributed by atoms with Gasteiger partial charge in [-0.25, -0.2) is 4.79 Å². The third-order valence-electron chi connectivity index (χ3n) is 2.60. The predicted molar refractivity (Wildman–Crippen MR) is 74.5 cm³/mol. The molecule has 0 radical (unpaired) electrons. The molecule has 0 bridgehead atoms. The van der Waals surface area contributed by atoms with Crippen LogP contribution >= 0.6 is 0 Å². The first-order chi connectivity index (χ1) is 9.56. The summed E-state index contributed by atoms with van der Waals surface area (Å²) in [5.74, 6) is -0.272. The van der Waals surface area contributed by atoms with Gasteiger partial charge in [0.05, 0.1) is 12.6 Å². The van der Waals surface area contributed by atoms with Crippen molar-refractivity contribution >= 4 is 17.6 Å². The van der Waals surface area contributed by atoms with Crippen LogP contribution in [0.1, 0.15) is 16.8 Å². The third kappa shape index (κ3) is 5.25. The quantitative estimate of drug-likeness (QED) is 0.575. The molecule has 110 valence electrons. The number of hydrogen-bond donors (Lipinski definition) is 4. The van der Waals surface area contributed by atoms with Crippen LogP contribution in [0.2, 0.25) is 0 Å². The van der Waals surface area contributed by atoms with Gasteiger partial charge in [0.15, 0.2) is 0 Å². The van der Waals surface area contributed by atoms with Crippen LogP contribution in [0.3, 0.4) is 0 Å². The second-order valence-corrected chi connectivity index (χ2v) is 4.20. The van der Waals surface area contributed by atoms with Gasteiger partial charge >= 0.3 is 6.03 Å². The number of carbonyl (C=O) groups excluding carboxylic acids is 2. The van der Waals surface area contributed by atoms with Crippen LogP contribution < -0.4 is 16.4 Å². The van der Waals surface area contributed by atoms with Crippen LogP contribution in [0.5, 0.6) is 0 Å². The smallest absolute Gasteiger partial charge is 0.316 e. The molecule has 0 aromatic heterocycles. The van der Waals surface area contributed by atoms with Crippen molar-refractivity contribution in [2.75, 3.05) is 25.6 Å². The zero-order valence-electron chi connectivity index (χ0n) is 11.3. The van der Waals surface area contributed by atoms with Crippen LogP contribution in [0.25, 0.3) is 0 Å². The van der Waals surface area contributed by atoms with E-state index in [0.29, 0.717) is 24.3 Å². The van der Waals surface area contributed by atoms with E-state index in [-0.39, 0.29) is 18.6 Å². The number of aliphatic hydroxyl groups excluding tert-OH is 1. The Morgan fingerprint density at radius 1 is 1.35 bits per heavy atom. The third-order valence-corrected chi connectivity index (χ3v) is 2.60. The van der Waals surface area contributed by atoms with Crippen molar-refractivity contribution in [1.29, 1.82) is 0 Å². The summed E-state index contributed by atoms with van der Waals surface area (Å²) < 4.78 is 4.97. The monoisotopic (exact) mass is 281 g/mol. The number of ether oxygens (including phenoxy) is 1. The minimum absolute atomic E-state index is 0.0320. The highest BCUT2D eigenvalue weighted by molar-refractivity contribution is 5.95. The first-order valence-electron chi connectivity index (χ1n) is 6.14. The molecular weight excluding hydrogens is 262 g/mol. The molecule has 1 aromatic rings. The minimum Gasteiger partial charge on any atom is -0.396 e. The molecule has 0 saturated heterocycles. The van der Waals surface area contributed by atoms with Crippen molar-refractivity contribution in [3.8, 4) is 0 Å². The van der Waals surface area contributed by atoms with Gasteiger partial charge in [0.1, 0.15) is 0 Å². The highest BCUT2D eigenvalue weighted by Crippen LogP contribution is 2.09. The first kappa shape index (κ1) is 15.9. The Balaban J connectivity index is 2.64. The molecule has 0 spiro atoms. The number of benzene rings is 1. The Bertz CT molecular complexity index is 441. The number of rotatable bonds is 7. The number of methoxy groups -OCH3 is 1. The number of carbonyl (C=O) groups is 2. The van der Waals surface area contributed by atoms with Crippen molar-refractivity contribution in [2.45, 2.75) is 12.5 Å². The molecule has 0 aliphatic rings. The number of urea groups is 1. The fraction of sp³-hybridized carbons (Fsp3) is 0.385. The van der Waals surface area contributed by atoms with Gasteiger partial charge in [-0.05, 0) is 30.7 Å². The Hall–Kier alpha value is -2.12. The van der Waals surface area contributed by atoms with E-state index < -0.39 is 6.03 Å². The van der Waals surface area contributed by atoms with E-state index in [2.05, 4.69) is 10.6 Å². The highest BCUT2D eigenvalue weighted by atomic mass is 16.5. The molecule has 3 amide bonds. The predicted octanol–water partition coefficient (Wildman–Crippen LogP) is 0.304. The van der Waals surface area contributed by atoms with Gasteiger partial charge < -0.3 is 26.2 Å². The van der Waals surface area contributed by atoms with E-state index in [1.54, 1.807) is 24.3 Å². The van der Waals surface area contributed by atoms with E-state index in [4.69, 9.17) is 15.6 Å².